The average molecular weight is 702 g/mol. The number of hydrogen-bond donors (Lipinski definition) is 2. The minimum absolute atomic E-state index is 0.0695. The van der Waals surface area contributed by atoms with E-state index in [1.54, 1.807) is 0 Å². The van der Waals surface area contributed by atoms with Crippen LogP contribution >= 0.6 is 22.6 Å². The van der Waals surface area contributed by atoms with Gasteiger partial charge < -0.3 is 30.4 Å². The van der Waals surface area contributed by atoms with Gasteiger partial charge in [0.1, 0.15) is 6.61 Å². The van der Waals surface area contributed by atoms with Crippen LogP contribution in [0.2, 0.25) is 0 Å². The van der Waals surface area contributed by atoms with Crippen molar-refractivity contribution in [2.45, 2.75) is 37.9 Å². The summed E-state index contributed by atoms with van der Waals surface area (Å²) in [6, 6.07) is 3.45. The monoisotopic (exact) mass is 702 g/mol. The minimum atomic E-state index is -4.65. The molecule has 1 aliphatic rings. The summed E-state index contributed by atoms with van der Waals surface area (Å²) in [6.07, 6.45) is -6.87. The zero-order chi connectivity index (χ0) is 31.0. The first-order valence-corrected chi connectivity index (χ1v) is 12.7. The third-order valence-electron chi connectivity index (χ3n) is 5.45. The van der Waals surface area contributed by atoms with Crippen LogP contribution in [0.1, 0.15) is 56.7 Å². The van der Waals surface area contributed by atoms with E-state index in [2.05, 4.69) is 21.3 Å². The number of alkyl halides is 6. The van der Waals surface area contributed by atoms with Gasteiger partial charge >= 0.3 is 24.3 Å². The second-order valence-corrected chi connectivity index (χ2v) is 9.45. The fourth-order valence-corrected chi connectivity index (χ4v) is 4.22. The van der Waals surface area contributed by atoms with E-state index in [0.717, 1.165) is 51.7 Å². The van der Waals surface area contributed by atoms with Crippen molar-refractivity contribution in [3.8, 4) is 11.8 Å². The molecule has 8 nitrogen and oxygen atoms in total. The number of rotatable bonds is 4. The first kappa shape index (κ1) is 34.0. The molecule has 0 bridgehead atoms. The van der Waals surface area contributed by atoms with Crippen LogP contribution in [0.3, 0.4) is 0 Å². The molecule has 0 spiro atoms. The first-order valence-electron chi connectivity index (χ1n) is 11.7. The van der Waals surface area contributed by atoms with Crippen LogP contribution in [0.25, 0.3) is 0 Å². The van der Waals surface area contributed by atoms with E-state index in [1.807, 2.05) is 0 Å². The first-order chi connectivity index (χ1) is 19.1. The van der Waals surface area contributed by atoms with Crippen molar-refractivity contribution in [1.29, 1.82) is 0 Å². The SMILES string of the molecule is COC(=O)c1cc(C#CCOC2CCCCO2)c(C(F)(F)F)cc1N.COC(=O)c1cc(I)c(C(F)(F)F)cc1N. The maximum atomic E-state index is 13.2. The molecule has 2 aromatic carbocycles. The van der Waals surface area contributed by atoms with Crippen LogP contribution in [0.4, 0.5) is 37.7 Å². The van der Waals surface area contributed by atoms with Gasteiger partial charge in [-0.1, -0.05) is 11.8 Å². The molecule has 41 heavy (non-hydrogen) atoms. The van der Waals surface area contributed by atoms with E-state index < -0.39 is 35.4 Å². The van der Waals surface area contributed by atoms with Gasteiger partial charge in [-0.2, -0.15) is 26.3 Å². The van der Waals surface area contributed by atoms with Gasteiger partial charge in [-0.15, -0.1) is 0 Å². The summed E-state index contributed by atoms with van der Waals surface area (Å²) in [5.74, 6) is 3.32. The van der Waals surface area contributed by atoms with E-state index in [9.17, 15) is 35.9 Å². The maximum absolute atomic E-state index is 13.2. The zero-order valence-corrected chi connectivity index (χ0v) is 23.8. The van der Waals surface area contributed by atoms with E-state index in [4.69, 9.17) is 20.9 Å². The van der Waals surface area contributed by atoms with Crippen LogP contribution in [0.15, 0.2) is 24.3 Å². The van der Waals surface area contributed by atoms with E-state index in [1.165, 1.54) is 22.6 Å². The number of methoxy groups -OCH3 is 2. The number of esters is 2. The van der Waals surface area contributed by atoms with Crippen LogP contribution in [0, 0.1) is 15.4 Å². The van der Waals surface area contributed by atoms with Crippen molar-refractivity contribution >= 4 is 45.9 Å². The molecule has 0 amide bonds. The van der Waals surface area contributed by atoms with Crippen molar-refractivity contribution in [2.75, 3.05) is 38.9 Å². The summed E-state index contributed by atoms with van der Waals surface area (Å²) in [5, 5.41) is 0. The molecule has 4 N–H and O–H groups in total. The standard InChI is InChI=1S/C17H18F3NO4.C9H7F3INO2/c1-23-16(22)12-9-11(13(10-14(12)21)17(18,19)20)5-4-8-25-15-6-2-3-7-24-15;1-16-8(15)4-2-6(13)5(3-7(4)14)9(10,11)12/h9-10,15H,2-3,6-8,21H2,1H3;2-3H,14H2,1H3. The highest BCUT2D eigenvalue weighted by atomic mass is 127. The lowest BCUT2D eigenvalue weighted by Crippen LogP contribution is -2.22. The highest BCUT2D eigenvalue weighted by Gasteiger charge is 2.35. The summed E-state index contributed by atoms with van der Waals surface area (Å²) in [5.41, 5.74) is 7.83. The third-order valence-corrected chi connectivity index (χ3v) is 6.35. The molecule has 224 valence electrons. The lowest BCUT2D eigenvalue weighted by Gasteiger charge is -2.21. The van der Waals surface area contributed by atoms with Crippen molar-refractivity contribution < 1.29 is 54.9 Å². The smallest absolute Gasteiger partial charge is 0.417 e. The lowest BCUT2D eigenvalue weighted by molar-refractivity contribution is -0.154. The summed E-state index contributed by atoms with van der Waals surface area (Å²) >= 11 is 1.49. The van der Waals surface area contributed by atoms with Gasteiger partial charge in [0, 0.05) is 27.1 Å². The Balaban J connectivity index is 0.000000317. The van der Waals surface area contributed by atoms with Crippen LogP contribution in [-0.2, 0) is 31.3 Å². The van der Waals surface area contributed by atoms with Crippen molar-refractivity contribution in [2.24, 2.45) is 0 Å². The van der Waals surface area contributed by atoms with E-state index in [-0.39, 0.29) is 44.5 Å². The molecule has 0 saturated carbocycles. The molecule has 3 rings (SSSR count). The number of nitrogen functional groups attached to an aromatic ring is 2. The summed E-state index contributed by atoms with van der Waals surface area (Å²) in [4.78, 5) is 22.8. The van der Waals surface area contributed by atoms with Crippen molar-refractivity contribution in [3.05, 3.63) is 55.7 Å². The lowest BCUT2D eigenvalue weighted by atomic mass is 10.0. The second kappa shape index (κ2) is 14.6. The average Bonchev–Trinajstić information content (AvgIpc) is 2.91. The van der Waals surface area contributed by atoms with Gasteiger partial charge in [-0.25, -0.2) is 9.59 Å². The summed E-state index contributed by atoms with van der Waals surface area (Å²) < 4.78 is 96.4. The molecule has 1 heterocycles. The molecule has 0 aliphatic carbocycles. The molecule has 2 aromatic rings. The number of halogens is 7. The molecule has 1 unspecified atom stereocenters. The summed E-state index contributed by atoms with van der Waals surface area (Å²) in [7, 11) is 2.25. The second-order valence-electron chi connectivity index (χ2n) is 8.29. The van der Waals surface area contributed by atoms with E-state index in [0.29, 0.717) is 12.7 Å². The molecule has 1 aliphatic heterocycles. The van der Waals surface area contributed by atoms with Gasteiger partial charge in [-0.3, -0.25) is 0 Å². The molecule has 0 aromatic heterocycles. The molecule has 0 radical (unpaired) electrons. The largest absolute Gasteiger partial charge is 0.465 e. The quantitative estimate of drug-likeness (QED) is 0.138. The fraction of sp³-hybridized carbons (Fsp3) is 0.385. The molecule has 1 atom stereocenters. The number of nitrogens with two attached hydrogens (primary N) is 2. The number of carbonyl (C=O) groups excluding carboxylic acids is 2. The Morgan fingerprint density at radius 2 is 1.46 bits per heavy atom. The molecular weight excluding hydrogens is 677 g/mol. The van der Waals surface area contributed by atoms with Crippen LogP contribution < -0.4 is 11.5 Å². The minimum Gasteiger partial charge on any atom is -0.465 e. The van der Waals surface area contributed by atoms with Gasteiger partial charge in [0.25, 0.3) is 0 Å². The Kier molecular flexibility index (Phi) is 12.1. The number of benzene rings is 2. The van der Waals surface area contributed by atoms with Gasteiger partial charge in [0.05, 0.1) is 36.5 Å². The van der Waals surface area contributed by atoms with Crippen LogP contribution in [-0.4, -0.2) is 45.7 Å². The van der Waals surface area contributed by atoms with Crippen molar-refractivity contribution in [3.63, 3.8) is 0 Å². The Labute approximate surface area is 244 Å². The number of carbonyl (C=O) groups is 2. The van der Waals surface area contributed by atoms with Gasteiger partial charge in [0.15, 0.2) is 6.29 Å². The van der Waals surface area contributed by atoms with Gasteiger partial charge in [-0.05, 0) is 66.1 Å². The molecule has 1 saturated heterocycles. The molecule has 15 heteroatoms. The van der Waals surface area contributed by atoms with Crippen molar-refractivity contribution in [1.82, 2.24) is 0 Å². The fourth-order valence-electron chi connectivity index (χ4n) is 3.44. The summed E-state index contributed by atoms with van der Waals surface area (Å²) in [6.45, 7) is 0.511. The zero-order valence-electron chi connectivity index (χ0n) is 21.7. The molecular formula is C26H25F6IN2O6. The van der Waals surface area contributed by atoms with Gasteiger partial charge in [0.2, 0.25) is 0 Å². The maximum Gasteiger partial charge on any atom is 0.417 e. The Morgan fingerprint density at radius 3 is 1.95 bits per heavy atom. The normalized spacial score (nSPS) is 15.1. The number of ether oxygens (including phenoxy) is 4. The third kappa shape index (κ3) is 9.68. The number of hydrogen-bond acceptors (Lipinski definition) is 8. The predicted octanol–water partition coefficient (Wildman–Crippen LogP) is 5.65. The highest BCUT2D eigenvalue weighted by Crippen LogP contribution is 2.36. The topological polar surface area (TPSA) is 123 Å². The Hall–Kier alpha value is -3.23. The van der Waals surface area contributed by atoms with Crippen LogP contribution in [0.5, 0.6) is 0 Å². The predicted molar refractivity (Wildman–Crippen MR) is 144 cm³/mol. The van der Waals surface area contributed by atoms with E-state index >= 15 is 0 Å². The molecule has 1 fully saturated rings. The number of anilines is 2. The highest BCUT2D eigenvalue weighted by molar-refractivity contribution is 14.1. The Bertz CT molecular complexity index is 1310. The Morgan fingerprint density at radius 1 is 0.927 bits per heavy atom.